The van der Waals surface area contributed by atoms with Gasteiger partial charge in [0.05, 0.1) is 10.6 Å². The Morgan fingerprint density at radius 1 is 0.927 bits per heavy atom. The first-order valence-electron chi connectivity index (χ1n) is 13.3. The lowest BCUT2D eigenvalue weighted by atomic mass is 10.1. The van der Waals surface area contributed by atoms with Crippen molar-refractivity contribution in [2.45, 2.75) is 71.0 Å². The van der Waals surface area contributed by atoms with E-state index in [4.69, 9.17) is 23.2 Å². The van der Waals surface area contributed by atoms with Gasteiger partial charge in [0.25, 0.3) is 10.0 Å². The fraction of sp³-hybridized carbons (Fsp3) is 0.355. The predicted octanol–water partition coefficient (Wildman–Crippen LogP) is 6.53. The van der Waals surface area contributed by atoms with Gasteiger partial charge in [-0.2, -0.15) is 0 Å². The molecule has 0 fully saturated rings. The van der Waals surface area contributed by atoms with E-state index >= 15 is 0 Å². The number of benzene rings is 3. The third-order valence-electron chi connectivity index (χ3n) is 6.34. The number of sulfonamides is 1. The van der Waals surface area contributed by atoms with Gasteiger partial charge < -0.3 is 10.2 Å². The Morgan fingerprint density at radius 2 is 1.54 bits per heavy atom. The number of nitrogens with zero attached hydrogens (tertiary/aromatic N) is 2. The Labute approximate surface area is 253 Å². The minimum absolute atomic E-state index is 0.0169. The maximum absolute atomic E-state index is 14.2. The number of rotatable bonds is 10. The molecule has 7 nitrogen and oxygen atoms in total. The Bertz CT molecular complexity index is 1490. The second kappa shape index (κ2) is 13.3. The summed E-state index contributed by atoms with van der Waals surface area (Å²) in [6, 6.07) is 17.4. The highest BCUT2D eigenvalue weighted by Gasteiger charge is 2.35. The van der Waals surface area contributed by atoms with Gasteiger partial charge in [-0.3, -0.25) is 13.9 Å². The summed E-state index contributed by atoms with van der Waals surface area (Å²) in [6.07, 6.45) is 0.299. The molecule has 1 atom stereocenters. The number of amides is 2. The standard InChI is InChI=1S/C31H37Cl2N3O4S/c1-7-28(30(38)34-31(4,5)6)35(19-23-13-14-24(32)18-27(23)33)29(37)20-36(25-16-21(2)15-22(3)17-25)41(39,40)26-11-9-8-10-12-26/h8-18,28H,7,19-20H2,1-6H3,(H,34,38)/t28-/m0/s1. The highest BCUT2D eigenvalue weighted by molar-refractivity contribution is 7.92. The Hall–Kier alpha value is -3.07. The maximum atomic E-state index is 14.2. The summed E-state index contributed by atoms with van der Waals surface area (Å²) in [5.41, 5.74) is 2.09. The van der Waals surface area contributed by atoms with Crippen LogP contribution in [0.15, 0.2) is 71.6 Å². The Kier molecular flexibility index (Phi) is 10.5. The summed E-state index contributed by atoms with van der Waals surface area (Å²) in [7, 11) is -4.14. The number of hydrogen-bond acceptors (Lipinski definition) is 4. The van der Waals surface area contributed by atoms with E-state index in [0.29, 0.717) is 27.7 Å². The molecule has 0 heterocycles. The fourth-order valence-electron chi connectivity index (χ4n) is 4.55. The fourth-order valence-corrected chi connectivity index (χ4v) is 6.44. The first-order valence-corrected chi connectivity index (χ1v) is 15.5. The quantitative estimate of drug-likeness (QED) is 0.280. The molecule has 3 rings (SSSR count). The summed E-state index contributed by atoms with van der Waals surface area (Å²) in [5.74, 6) is -0.895. The van der Waals surface area contributed by atoms with Crippen LogP contribution in [0, 0.1) is 13.8 Å². The van der Waals surface area contributed by atoms with Crippen molar-refractivity contribution >= 4 is 50.7 Å². The molecule has 10 heteroatoms. The van der Waals surface area contributed by atoms with E-state index in [1.165, 1.54) is 17.0 Å². The molecule has 3 aromatic carbocycles. The minimum atomic E-state index is -4.14. The molecule has 0 saturated carbocycles. The molecule has 3 aromatic rings. The highest BCUT2D eigenvalue weighted by atomic mass is 35.5. The summed E-state index contributed by atoms with van der Waals surface area (Å²) < 4.78 is 29.0. The van der Waals surface area contributed by atoms with Crippen LogP contribution in [-0.4, -0.2) is 43.3 Å². The van der Waals surface area contributed by atoms with Gasteiger partial charge in [0, 0.05) is 22.1 Å². The smallest absolute Gasteiger partial charge is 0.264 e. The van der Waals surface area contributed by atoms with Gasteiger partial charge in [0.2, 0.25) is 11.8 Å². The van der Waals surface area contributed by atoms with Crippen LogP contribution in [0.5, 0.6) is 0 Å². The van der Waals surface area contributed by atoms with Crippen molar-refractivity contribution in [3.05, 3.63) is 93.5 Å². The summed E-state index contributed by atoms with van der Waals surface area (Å²) in [4.78, 5) is 29.1. The van der Waals surface area contributed by atoms with Crippen molar-refractivity contribution in [2.24, 2.45) is 0 Å². The third-order valence-corrected chi connectivity index (χ3v) is 8.72. The number of nitrogens with one attached hydrogen (secondary N) is 1. The van der Waals surface area contributed by atoms with Gasteiger partial charge in [-0.05, 0) is 94.1 Å². The number of carbonyl (C=O) groups is 2. The summed E-state index contributed by atoms with van der Waals surface area (Å²) >= 11 is 12.6. The molecule has 0 spiro atoms. The normalized spacial score (nSPS) is 12.5. The van der Waals surface area contributed by atoms with E-state index < -0.39 is 34.1 Å². The molecule has 2 amide bonds. The molecule has 0 aliphatic carbocycles. The van der Waals surface area contributed by atoms with E-state index in [-0.39, 0.29) is 17.3 Å². The molecule has 220 valence electrons. The Morgan fingerprint density at radius 3 is 2.07 bits per heavy atom. The zero-order chi connectivity index (χ0) is 30.5. The van der Waals surface area contributed by atoms with Crippen molar-refractivity contribution in [1.82, 2.24) is 10.2 Å². The lowest BCUT2D eigenvalue weighted by Crippen LogP contribution is -2.55. The van der Waals surface area contributed by atoms with E-state index in [1.54, 1.807) is 55.5 Å². The summed E-state index contributed by atoms with van der Waals surface area (Å²) in [5, 5.41) is 3.72. The number of anilines is 1. The van der Waals surface area contributed by atoms with Gasteiger partial charge in [0.1, 0.15) is 12.6 Å². The van der Waals surface area contributed by atoms with Gasteiger partial charge in [-0.15, -0.1) is 0 Å². The lowest BCUT2D eigenvalue weighted by molar-refractivity contribution is -0.141. The molecule has 0 bridgehead atoms. The van der Waals surface area contributed by atoms with E-state index in [0.717, 1.165) is 15.4 Å². The van der Waals surface area contributed by atoms with E-state index in [2.05, 4.69) is 5.32 Å². The summed E-state index contributed by atoms with van der Waals surface area (Å²) in [6.45, 7) is 10.6. The first-order chi connectivity index (χ1) is 19.1. The number of aryl methyl sites for hydroxylation is 2. The number of hydrogen-bond donors (Lipinski definition) is 1. The van der Waals surface area contributed by atoms with Gasteiger partial charge in [-0.1, -0.05) is 60.5 Å². The molecule has 41 heavy (non-hydrogen) atoms. The number of halogens is 2. The zero-order valence-electron chi connectivity index (χ0n) is 24.2. The second-order valence-corrected chi connectivity index (χ2v) is 13.8. The van der Waals surface area contributed by atoms with Crippen LogP contribution in [0.4, 0.5) is 5.69 Å². The SMILES string of the molecule is CC[C@@H](C(=O)NC(C)(C)C)N(Cc1ccc(Cl)cc1Cl)C(=O)CN(c1cc(C)cc(C)c1)S(=O)(=O)c1ccccc1. The molecule has 1 N–H and O–H groups in total. The molecule has 0 aliphatic heterocycles. The van der Waals surface area contributed by atoms with Crippen LogP contribution in [0.25, 0.3) is 0 Å². The van der Waals surface area contributed by atoms with E-state index in [1.807, 2.05) is 40.7 Å². The average molecular weight is 619 g/mol. The van der Waals surface area contributed by atoms with Crippen LogP contribution >= 0.6 is 23.2 Å². The second-order valence-electron chi connectivity index (χ2n) is 11.1. The molecule has 0 aliphatic rings. The van der Waals surface area contributed by atoms with Crippen LogP contribution in [0.1, 0.15) is 50.8 Å². The van der Waals surface area contributed by atoms with Gasteiger partial charge >= 0.3 is 0 Å². The monoisotopic (exact) mass is 617 g/mol. The molecule has 0 radical (unpaired) electrons. The van der Waals surface area contributed by atoms with Gasteiger partial charge in [0.15, 0.2) is 0 Å². The molecule has 0 unspecified atom stereocenters. The molecule has 0 saturated heterocycles. The van der Waals surface area contributed by atoms with Crippen LogP contribution in [-0.2, 0) is 26.2 Å². The van der Waals surface area contributed by atoms with Crippen LogP contribution < -0.4 is 9.62 Å². The molecule has 0 aromatic heterocycles. The molecular formula is C31H37Cl2N3O4S. The van der Waals surface area contributed by atoms with Crippen molar-refractivity contribution in [2.75, 3.05) is 10.8 Å². The number of carbonyl (C=O) groups excluding carboxylic acids is 2. The predicted molar refractivity (Wildman–Crippen MR) is 166 cm³/mol. The average Bonchev–Trinajstić information content (AvgIpc) is 2.87. The van der Waals surface area contributed by atoms with Crippen molar-refractivity contribution in [1.29, 1.82) is 0 Å². The Balaban J connectivity index is 2.12. The topological polar surface area (TPSA) is 86.8 Å². The van der Waals surface area contributed by atoms with Crippen LogP contribution in [0.2, 0.25) is 10.0 Å². The first kappa shape index (κ1) is 32.4. The molecular weight excluding hydrogens is 581 g/mol. The van der Waals surface area contributed by atoms with Crippen molar-refractivity contribution < 1.29 is 18.0 Å². The zero-order valence-corrected chi connectivity index (χ0v) is 26.6. The van der Waals surface area contributed by atoms with Crippen LogP contribution in [0.3, 0.4) is 0 Å². The third kappa shape index (κ3) is 8.47. The maximum Gasteiger partial charge on any atom is 0.264 e. The highest BCUT2D eigenvalue weighted by Crippen LogP contribution is 2.28. The van der Waals surface area contributed by atoms with Crippen molar-refractivity contribution in [3.8, 4) is 0 Å². The van der Waals surface area contributed by atoms with E-state index in [9.17, 15) is 18.0 Å². The minimum Gasteiger partial charge on any atom is -0.350 e. The largest absolute Gasteiger partial charge is 0.350 e. The van der Waals surface area contributed by atoms with Crippen molar-refractivity contribution in [3.63, 3.8) is 0 Å². The van der Waals surface area contributed by atoms with Gasteiger partial charge in [-0.25, -0.2) is 8.42 Å². The lowest BCUT2D eigenvalue weighted by Gasteiger charge is -2.35.